The highest BCUT2D eigenvalue weighted by Gasteiger charge is 2.21. The molecule has 0 aromatic heterocycles. The van der Waals surface area contributed by atoms with Gasteiger partial charge in [0.2, 0.25) is 0 Å². The Kier molecular flexibility index (Phi) is 3.60. The lowest BCUT2D eigenvalue weighted by Crippen LogP contribution is -2.01. The van der Waals surface area contributed by atoms with Crippen molar-refractivity contribution in [2.75, 3.05) is 0 Å². The molecule has 0 nitrogen and oxygen atoms in total. The van der Waals surface area contributed by atoms with Gasteiger partial charge >= 0.3 is 0 Å². The molecule has 0 aromatic rings. The Morgan fingerprint density at radius 2 is 1.33 bits per heavy atom. The Bertz CT molecular complexity index is 64.1. The molecule has 1 saturated carbocycles. The Balaban J connectivity index is 0.000000291. The van der Waals surface area contributed by atoms with E-state index < -0.39 is 0 Å². The van der Waals surface area contributed by atoms with Gasteiger partial charge in [-0.1, -0.05) is 26.7 Å². The first-order valence-corrected chi connectivity index (χ1v) is 3.71. The molecular weight excluding hydrogens is 108 g/mol. The fourth-order valence-corrected chi connectivity index (χ4v) is 1.33. The number of rotatable bonds is 0. The number of hydrogen-bond donors (Lipinski definition) is 0. The summed E-state index contributed by atoms with van der Waals surface area (Å²) in [5.41, 5.74) is 0.694. The van der Waals surface area contributed by atoms with E-state index in [-0.39, 0.29) is 0 Å². The van der Waals surface area contributed by atoms with Crippen LogP contribution in [0, 0.1) is 5.41 Å². The monoisotopic (exact) mass is 126 g/mol. The summed E-state index contributed by atoms with van der Waals surface area (Å²) in [7, 11) is 0. The summed E-state index contributed by atoms with van der Waals surface area (Å²) in [6, 6.07) is 0. The summed E-state index contributed by atoms with van der Waals surface area (Å²) < 4.78 is 0. The smallest absolute Gasteiger partial charge is 0.0354 e. The van der Waals surface area contributed by atoms with E-state index in [0.717, 1.165) is 0 Å². The topological polar surface area (TPSA) is 0 Å². The van der Waals surface area contributed by atoms with Crippen LogP contribution in [0.4, 0.5) is 0 Å². The lowest BCUT2D eigenvalue weighted by atomic mass is 9.92. The second-order valence-electron chi connectivity index (χ2n) is 3.37. The molecule has 0 N–H and O–H groups in total. The molecule has 0 saturated heterocycles. The van der Waals surface area contributed by atoms with Gasteiger partial charge in [0.05, 0.1) is 0 Å². The molecule has 0 amide bonds. The SMILES string of the molecule is C=C.CC1(C)CCCC1. The minimum atomic E-state index is 0.694. The van der Waals surface area contributed by atoms with E-state index in [1.807, 2.05) is 0 Å². The fourth-order valence-electron chi connectivity index (χ4n) is 1.33. The summed E-state index contributed by atoms with van der Waals surface area (Å²) in [6.07, 6.45) is 5.83. The van der Waals surface area contributed by atoms with Crippen LogP contribution in [0.2, 0.25) is 0 Å². The first kappa shape index (κ1) is 8.74. The summed E-state index contributed by atoms with van der Waals surface area (Å²) in [6.45, 7) is 10.7. The Labute approximate surface area is 59.0 Å². The molecule has 1 aliphatic carbocycles. The highest BCUT2D eigenvalue weighted by atomic mass is 14.3. The zero-order valence-corrected chi connectivity index (χ0v) is 6.74. The molecule has 1 fully saturated rings. The van der Waals surface area contributed by atoms with Crippen molar-refractivity contribution >= 4 is 0 Å². The van der Waals surface area contributed by atoms with Gasteiger partial charge in [-0.3, -0.25) is 0 Å². The quantitative estimate of drug-likeness (QED) is 0.436. The second-order valence-corrected chi connectivity index (χ2v) is 3.37. The minimum absolute atomic E-state index is 0.694. The molecule has 0 radical (unpaired) electrons. The van der Waals surface area contributed by atoms with Gasteiger partial charge in [-0.2, -0.15) is 0 Å². The van der Waals surface area contributed by atoms with Gasteiger partial charge in [0.1, 0.15) is 0 Å². The zero-order chi connectivity index (χ0) is 7.33. The van der Waals surface area contributed by atoms with E-state index in [1.54, 1.807) is 0 Å². The lowest BCUT2D eigenvalue weighted by Gasteiger charge is -2.13. The molecule has 0 unspecified atom stereocenters. The summed E-state index contributed by atoms with van der Waals surface area (Å²) in [5.74, 6) is 0. The Morgan fingerprint density at radius 1 is 1.00 bits per heavy atom. The third-order valence-corrected chi connectivity index (χ3v) is 1.96. The van der Waals surface area contributed by atoms with Crippen molar-refractivity contribution in [3.05, 3.63) is 13.2 Å². The first-order chi connectivity index (χ1) is 4.21. The molecule has 9 heavy (non-hydrogen) atoms. The van der Waals surface area contributed by atoms with Gasteiger partial charge in [0.15, 0.2) is 0 Å². The number of hydrogen-bond acceptors (Lipinski definition) is 0. The predicted molar refractivity (Wildman–Crippen MR) is 43.5 cm³/mol. The van der Waals surface area contributed by atoms with Gasteiger partial charge in [-0.15, -0.1) is 13.2 Å². The predicted octanol–water partition coefficient (Wildman–Crippen LogP) is 3.39. The van der Waals surface area contributed by atoms with Crippen molar-refractivity contribution in [2.45, 2.75) is 39.5 Å². The molecule has 1 rings (SSSR count). The van der Waals surface area contributed by atoms with Crippen molar-refractivity contribution in [2.24, 2.45) is 5.41 Å². The lowest BCUT2D eigenvalue weighted by molar-refractivity contribution is 0.382. The fraction of sp³-hybridized carbons (Fsp3) is 0.778. The maximum absolute atomic E-state index is 3.00. The molecular formula is C9H18. The average Bonchev–Trinajstić information content (AvgIpc) is 2.19. The van der Waals surface area contributed by atoms with Crippen molar-refractivity contribution in [1.82, 2.24) is 0 Å². The van der Waals surface area contributed by atoms with Gasteiger partial charge in [-0.05, 0) is 18.3 Å². The van der Waals surface area contributed by atoms with E-state index in [1.165, 1.54) is 25.7 Å². The molecule has 0 aromatic carbocycles. The summed E-state index contributed by atoms with van der Waals surface area (Å²) in [4.78, 5) is 0. The Morgan fingerprint density at radius 3 is 1.44 bits per heavy atom. The van der Waals surface area contributed by atoms with Crippen LogP contribution < -0.4 is 0 Å². The van der Waals surface area contributed by atoms with Gasteiger partial charge in [-0.25, -0.2) is 0 Å². The minimum Gasteiger partial charge on any atom is -0.106 e. The van der Waals surface area contributed by atoms with Crippen LogP contribution >= 0.6 is 0 Å². The van der Waals surface area contributed by atoms with Crippen LogP contribution in [-0.4, -0.2) is 0 Å². The van der Waals surface area contributed by atoms with Crippen LogP contribution in [-0.2, 0) is 0 Å². The van der Waals surface area contributed by atoms with E-state index in [0.29, 0.717) is 5.41 Å². The average molecular weight is 126 g/mol. The third-order valence-electron chi connectivity index (χ3n) is 1.96. The van der Waals surface area contributed by atoms with Crippen LogP contribution in [0.15, 0.2) is 13.2 Å². The molecule has 1 aliphatic rings. The van der Waals surface area contributed by atoms with E-state index in [9.17, 15) is 0 Å². The molecule has 0 spiro atoms. The Hall–Kier alpha value is -0.260. The van der Waals surface area contributed by atoms with E-state index in [4.69, 9.17) is 0 Å². The molecule has 0 aliphatic heterocycles. The first-order valence-electron chi connectivity index (χ1n) is 3.71. The zero-order valence-electron chi connectivity index (χ0n) is 6.74. The second kappa shape index (κ2) is 3.71. The van der Waals surface area contributed by atoms with E-state index in [2.05, 4.69) is 27.0 Å². The van der Waals surface area contributed by atoms with Crippen LogP contribution in [0.1, 0.15) is 39.5 Å². The normalized spacial score (nSPS) is 22.4. The van der Waals surface area contributed by atoms with Crippen LogP contribution in [0.3, 0.4) is 0 Å². The highest BCUT2D eigenvalue weighted by molar-refractivity contribution is 4.74. The maximum atomic E-state index is 3.00. The molecule has 0 bridgehead atoms. The van der Waals surface area contributed by atoms with Crippen molar-refractivity contribution in [3.63, 3.8) is 0 Å². The van der Waals surface area contributed by atoms with Gasteiger partial charge in [0.25, 0.3) is 0 Å². The molecule has 0 heterocycles. The van der Waals surface area contributed by atoms with Crippen molar-refractivity contribution in [3.8, 4) is 0 Å². The highest BCUT2D eigenvalue weighted by Crippen LogP contribution is 2.36. The molecule has 54 valence electrons. The van der Waals surface area contributed by atoms with E-state index >= 15 is 0 Å². The summed E-state index contributed by atoms with van der Waals surface area (Å²) >= 11 is 0. The standard InChI is InChI=1S/C7H14.C2H4/c1-7(2)5-3-4-6-7;1-2/h3-6H2,1-2H3;1-2H2. The molecule has 0 atom stereocenters. The van der Waals surface area contributed by atoms with Gasteiger partial charge < -0.3 is 0 Å². The largest absolute Gasteiger partial charge is 0.106 e. The van der Waals surface area contributed by atoms with Crippen LogP contribution in [0.25, 0.3) is 0 Å². The third kappa shape index (κ3) is 3.34. The van der Waals surface area contributed by atoms with Gasteiger partial charge in [0, 0.05) is 0 Å². The van der Waals surface area contributed by atoms with Crippen LogP contribution in [0.5, 0.6) is 0 Å². The van der Waals surface area contributed by atoms with Crippen molar-refractivity contribution < 1.29 is 0 Å². The molecule has 0 heteroatoms. The summed E-state index contributed by atoms with van der Waals surface area (Å²) in [5, 5.41) is 0. The maximum Gasteiger partial charge on any atom is -0.0354 e. The van der Waals surface area contributed by atoms with Crippen molar-refractivity contribution in [1.29, 1.82) is 0 Å².